The van der Waals surface area contributed by atoms with Gasteiger partial charge in [-0.15, -0.1) is 0 Å². The lowest BCUT2D eigenvalue weighted by Crippen LogP contribution is -2.47. The van der Waals surface area contributed by atoms with Crippen LogP contribution >= 0.6 is 11.6 Å². The second-order valence-corrected chi connectivity index (χ2v) is 6.97. The van der Waals surface area contributed by atoms with Crippen LogP contribution in [0, 0.1) is 0 Å². The molecule has 0 heterocycles. The van der Waals surface area contributed by atoms with Crippen molar-refractivity contribution in [3.63, 3.8) is 0 Å². The third-order valence-electron chi connectivity index (χ3n) is 2.21. The first-order valence-corrected chi connectivity index (χ1v) is 7.64. The number of hydrogen-bond donors (Lipinski definition) is 3. The molecular formula is C11H18ClN3O2S. The second-order valence-electron chi connectivity index (χ2n) is 4.82. The van der Waals surface area contributed by atoms with Crippen LogP contribution in [0.3, 0.4) is 0 Å². The van der Waals surface area contributed by atoms with Crippen LogP contribution in [0.5, 0.6) is 0 Å². The van der Waals surface area contributed by atoms with E-state index in [9.17, 15) is 8.42 Å². The molecule has 0 aliphatic rings. The van der Waals surface area contributed by atoms with E-state index in [0.717, 1.165) is 6.26 Å². The van der Waals surface area contributed by atoms with Gasteiger partial charge in [0.25, 0.3) is 0 Å². The Morgan fingerprint density at radius 2 is 2.00 bits per heavy atom. The Bertz CT molecular complexity index is 509. The van der Waals surface area contributed by atoms with Gasteiger partial charge in [-0.25, -0.2) is 13.1 Å². The Balaban J connectivity index is 2.76. The topological polar surface area (TPSA) is 84.2 Å². The molecule has 0 aromatic heterocycles. The van der Waals surface area contributed by atoms with Crippen molar-refractivity contribution in [1.29, 1.82) is 0 Å². The first kappa shape index (κ1) is 15.1. The van der Waals surface area contributed by atoms with E-state index in [2.05, 4.69) is 10.0 Å². The van der Waals surface area contributed by atoms with Gasteiger partial charge >= 0.3 is 0 Å². The van der Waals surface area contributed by atoms with Crippen molar-refractivity contribution < 1.29 is 8.42 Å². The number of sulfonamides is 1. The molecule has 0 amide bonds. The first-order valence-electron chi connectivity index (χ1n) is 5.37. The summed E-state index contributed by atoms with van der Waals surface area (Å²) in [6.07, 6.45) is 1.12. The van der Waals surface area contributed by atoms with Crippen LogP contribution in [0.25, 0.3) is 0 Å². The van der Waals surface area contributed by atoms with Gasteiger partial charge in [-0.3, -0.25) is 0 Å². The lowest BCUT2D eigenvalue weighted by Gasteiger charge is -2.26. The van der Waals surface area contributed by atoms with Crippen molar-refractivity contribution in [3.8, 4) is 0 Å². The summed E-state index contributed by atoms with van der Waals surface area (Å²) in [5.41, 5.74) is 6.29. The lowest BCUT2D eigenvalue weighted by molar-refractivity contribution is 0.476. The molecule has 0 aliphatic carbocycles. The van der Waals surface area contributed by atoms with Gasteiger partial charge in [0.2, 0.25) is 10.0 Å². The van der Waals surface area contributed by atoms with Crippen LogP contribution in [0.1, 0.15) is 13.8 Å². The molecule has 0 unspecified atom stereocenters. The zero-order valence-electron chi connectivity index (χ0n) is 10.6. The summed E-state index contributed by atoms with van der Waals surface area (Å²) in [5.74, 6) is 0. The lowest BCUT2D eigenvalue weighted by atomic mass is 10.1. The van der Waals surface area contributed by atoms with Crippen molar-refractivity contribution >= 4 is 33.0 Å². The molecule has 1 aromatic rings. The fraction of sp³-hybridized carbons (Fsp3) is 0.455. The average molecular weight is 292 g/mol. The van der Waals surface area contributed by atoms with Gasteiger partial charge in [0.15, 0.2) is 0 Å². The fourth-order valence-electron chi connectivity index (χ4n) is 1.57. The zero-order chi connectivity index (χ0) is 14.0. The van der Waals surface area contributed by atoms with E-state index in [0.29, 0.717) is 22.9 Å². The number of halogens is 1. The molecular weight excluding hydrogens is 274 g/mol. The van der Waals surface area contributed by atoms with Gasteiger partial charge in [-0.1, -0.05) is 17.7 Å². The molecule has 18 heavy (non-hydrogen) atoms. The molecule has 7 heteroatoms. The number of rotatable bonds is 5. The summed E-state index contributed by atoms with van der Waals surface area (Å²) in [4.78, 5) is 0. The smallest absolute Gasteiger partial charge is 0.209 e. The van der Waals surface area contributed by atoms with E-state index in [1.807, 2.05) is 0 Å². The summed E-state index contributed by atoms with van der Waals surface area (Å²) in [5, 5.41) is 3.56. The van der Waals surface area contributed by atoms with Crippen molar-refractivity contribution in [1.82, 2.24) is 4.72 Å². The Kier molecular flexibility index (Phi) is 4.47. The number of anilines is 2. The van der Waals surface area contributed by atoms with E-state index in [4.69, 9.17) is 17.3 Å². The molecule has 0 radical (unpaired) electrons. The zero-order valence-corrected chi connectivity index (χ0v) is 12.2. The Hall–Kier alpha value is -0.980. The summed E-state index contributed by atoms with van der Waals surface area (Å²) in [6, 6.07) is 5.20. The maximum atomic E-state index is 11.2. The van der Waals surface area contributed by atoms with Gasteiger partial charge in [-0.2, -0.15) is 0 Å². The molecule has 4 N–H and O–H groups in total. The summed E-state index contributed by atoms with van der Waals surface area (Å²) in [7, 11) is -3.26. The van der Waals surface area contributed by atoms with Crippen LogP contribution in [0.2, 0.25) is 5.02 Å². The molecule has 0 saturated carbocycles. The van der Waals surface area contributed by atoms with Crippen molar-refractivity contribution in [2.75, 3.05) is 23.9 Å². The van der Waals surface area contributed by atoms with Gasteiger partial charge in [0, 0.05) is 12.1 Å². The minimum absolute atomic E-state index is 0.369. The van der Waals surface area contributed by atoms with Crippen LogP contribution < -0.4 is 15.8 Å². The monoisotopic (exact) mass is 291 g/mol. The third-order valence-corrected chi connectivity index (χ3v) is 3.45. The van der Waals surface area contributed by atoms with E-state index < -0.39 is 15.6 Å². The quantitative estimate of drug-likeness (QED) is 0.721. The molecule has 0 saturated heterocycles. The van der Waals surface area contributed by atoms with Crippen LogP contribution in [0.4, 0.5) is 11.4 Å². The predicted octanol–water partition coefficient (Wildman–Crippen LogP) is 1.66. The fourth-order valence-corrected chi connectivity index (χ4v) is 2.90. The Labute approximate surface area is 113 Å². The van der Waals surface area contributed by atoms with E-state index in [-0.39, 0.29) is 0 Å². The molecule has 5 nitrogen and oxygen atoms in total. The molecule has 0 bridgehead atoms. The molecule has 0 fully saturated rings. The van der Waals surface area contributed by atoms with Gasteiger partial charge in [-0.05, 0) is 26.0 Å². The maximum Gasteiger partial charge on any atom is 0.209 e. The Morgan fingerprint density at radius 1 is 1.39 bits per heavy atom. The average Bonchev–Trinajstić information content (AvgIpc) is 2.12. The van der Waals surface area contributed by atoms with Crippen LogP contribution in [-0.4, -0.2) is 26.8 Å². The van der Waals surface area contributed by atoms with E-state index in [1.54, 1.807) is 32.0 Å². The molecule has 1 aromatic carbocycles. The van der Waals surface area contributed by atoms with Crippen molar-refractivity contribution in [3.05, 3.63) is 23.2 Å². The van der Waals surface area contributed by atoms with Crippen molar-refractivity contribution in [2.24, 2.45) is 0 Å². The number of para-hydroxylation sites is 1. The SMILES string of the molecule is CC(C)(CNc1c(N)cccc1Cl)NS(C)(=O)=O. The number of hydrogen-bond acceptors (Lipinski definition) is 4. The van der Waals surface area contributed by atoms with E-state index in [1.165, 1.54) is 0 Å². The van der Waals surface area contributed by atoms with Gasteiger partial charge in [0.1, 0.15) is 0 Å². The normalized spacial score (nSPS) is 12.4. The number of nitrogen functional groups attached to an aromatic ring is 1. The molecule has 0 aliphatic heterocycles. The minimum atomic E-state index is -3.26. The van der Waals surface area contributed by atoms with Crippen molar-refractivity contribution in [2.45, 2.75) is 19.4 Å². The highest BCUT2D eigenvalue weighted by atomic mass is 35.5. The van der Waals surface area contributed by atoms with Crippen LogP contribution in [-0.2, 0) is 10.0 Å². The second kappa shape index (κ2) is 5.34. The Morgan fingerprint density at radius 3 is 2.50 bits per heavy atom. The summed E-state index contributed by atoms with van der Waals surface area (Å²) in [6.45, 7) is 3.91. The third kappa shape index (κ3) is 4.72. The summed E-state index contributed by atoms with van der Waals surface area (Å²) >= 11 is 6.01. The molecule has 0 spiro atoms. The summed E-state index contributed by atoms with van der Waals surface area (Å²) < 4.78 is 24.9. The minimum Gasteiger partial charge on any atom is -0.397 e. The number of nitrogens with two attached hydrogens (primary N) is 1. The number of benzene rings is 1. The highest BCUT2D eigenvalue weighted by Gasteiger charge is 2.22. The number of nitrogens with one attached hydrogen (secondary N) is 2. The van der Waals surface area contributed by atoms with E-state index >= 15 is 0 Å². The highest BCUT2D eigenvalue weighted by Crippen LogP contribution is 2.28. The maximum absolute atomic E-state index is 11.2. The predicted molar refractivity (Wildman–Crippen MR) is 76.4 cm³/mol. The first-order chi connectivity index (χ1) is 8.11. The molecule has 102 valence electrons. The standard InChI is InChI=1S/C11H18ClN3O2S/c1-11(2,15-18(3,16)17)7-14-10-8(12)5-4-6-9(10)13/h4-6,14-15H,7,13H2,1-3H3. The van der Waals surface area contributed by atoms with Gasteiger partial charge < -0.3 is 11.1 Å². The van der Waals surface area contributed by atoms with Gasteiger partial charge in [0.05, 0.1) is 22.7 Å². The molecule has 1 rings (SSSR count). The van der Waals surface area contributed by atoms with Crippen LogP contribution in [0.15, 0.2) is 18.2 Å². The largest absolute Gasteiger partial charge is 0.397 e. The molecule has 0 atom stereocenters. The highest BCUT2D eigenvalue weighted by molar-refractivity contribution is 7.88.